The fraction of sp³-hybridized carbons (Fsp3) is 1.00. The van der Waals surface area contributed by atoms with Crippen molar-refractivity contribution in [2.75, 3.05) is 0 Å². The first kappa shape index (κ1) is 123. The van der Waals surface area contributed by atoms with Gasteiger partial charge in [0.25, 0.3) is 0 Å². The monoisotopic (exact) mass is 1280 g/mol. The van der Waals surface area contributed by atoms with Gasteiger partial charge in [-0.15, -0.1) is 0 Å². The van der Waals surface area contributed by atoms with Crippen molar-refractivity contribution in [1.82, 2.24) is 0 Å². The molecule has 0 aromatic rings. The van der Waals surface area contributed by atoms with Crippen LogP contribution in [0.25, 0.3) is 0 Å². The van der Waals surface area contributed by atoms with Gasteiger partial charge < -0.3 is 0 Å². The van der Waals surface area contributed by atoms with Crippen LogP contribution in [0.5, 0.6) is 0 Å². The molecule has 5 aliphatic carbocycles. The van der Waals surface area contributed by atoms with Gasteiger partial charge >= 0.3 is 0 Å². The van der Waals surface area contributed by atoms with E-state index in [2.05, 4.69) is 284 Å². The van der Waals surface area contributed by atoms with E-state index in [9.17, 15) is 0 Å². The van der Waals surface area contributed by atoms with E-state index < -0.39 is 0 Å². The molecule has 5 fully saturated rings. The lowest BCUT2D eigenvalue weighted by atomic mass is 9.88. The lowest BCUT2D eigenvalue weighted by Gasteiger charge is -2.18. The Morgan fingerprint density at radius 3 is 0.584 bits per heavy atom. The molecule has 0 aliphatic heterocycles. The molecule has 0 bridgehead atoms. The van der Waals surface area contributed by atoms with Crippen molar-refractivity contribution in [2.24, 2.45) is 87.8 Å². The molecule has 89 heavy (non-hydrogen) atoms. The Labute approximate surface area is 582 Å². The maximum absolute atomic E-state index is 2.31. The van der Waals surface area contributed by atoms with E-state index in [-0.39, 0.29) is 0 Å². The molecule has 0 heterocycles. The molecule has 0 spiro atoms. The topological polar surface area (TPSA) is 0 Å². The van der Waals surface area contributed by atoms with Crippen LogP contribution in [0.2, 0.25) is 0 Å². The smallest absolute Gasteiger partial charge is 0.0354 e. The van der Waals surface area contributed by atoms with Gasteiger partial charge in [0.1, 0.15) is 0 Å². The van der Waals surface area contributed by atoms with Crippen molar-refractivity contribution in [1.29, 1.82) is 0 Å². The highest BCUT2D eigenvalue weighted by Crippen LogP contribution is 2.43. The number of rotatable bonds is 16. The van der Waals surface area contributed by atoms with Gasteiger partial charge in [0.05, 0.1) is 0 Å². The van der Waals surface area contributed by atoms with Gasteiger partial charge in [-0.25, -0.2) is 0 Å². The van der Waals surface area contributed by atoms with Gasteiger partial charge in [-0.1, -0.05) is 479 Å². The van der Waals surface area contributed by atoms with Gasteiger partial charge in [0.2, 0.25) is 0 Å². The Morgan fingerprint density at radius 2 is 0.573 bits per heavy atom. The highest BCUT2D eigenvalue weighted by molar-refractivity contribution is 4.82. The minimum atomic E-state index is 0.500. The lowest BCUT2D eigenvalue weighted by molar-refractivity contribution is 0.346. The molecule has 0 aromatic carbocycles. The predicted molar refractivity (Wildman–Crippen MR) is 439 cm³/mol. The molecule has 0 aromatic heterocycles. The average molecular weight is 1280 g/mol. The van der Waals surface area contributed by atoms with Crippen molar-refractivity contribution in [2.45, 2.75) is 498 Å². The predicted octanol–water partition coefficient (Wildman–Crippen LogP) is 36.0. The SMILES string of the molecule is CC.CC.CC(C)(C)C.CC(C)C.CC(C)C(C)C.CC1(C)CC1.CC1CC1.CC1CC1C.CC1CCC1.CCC.CCC(C)C.CCC(C)C.CCC(C)CC.CCC1CC1.CCCC.CCCC(C)C.CCCC(C)C.CCCCC.CCCCCC. The third-order valence-electron chi connectivity index (χ3n) is 14.6. The van der Waals surface area contributed by atoms with Crippen LogP contribution in [-0.4, -0.2) is 0 Å². The van der Waals surface area contributed by atoms with E-state index in [1.165, 1.54) is 186 Å². The normalized spacial score (nSPS) is 15.1. The van der Waals surface area contributed by atoms with Gasteiger partial charge in [-0.05, 0) is 107 Å². The van der Waals surface area contributed by atoms with Crippen LogP contribution < -0.4 is 0 Å². The second-order valence-corrected chi connectivity index (χ2v) is 32.3. The summed E-state index contributed by atoms with van der Waals surface area (Å²) >= 11 is 0. The summed E-state index contributed by atoms with van der Waals surface area (Å²) in [4.78, 5) is 0. The molecule has 0 saturated heterocycles. The molecule has 5 rings (SSSR count). The molecule has 0 radical (unpaired) electrons. The third-order valence-corrected chi connectivity index (χ3v) is 14.6. The molecule has 0 nitrogen and oxygen atoms in total. The van der Waals surface area contributed by atoms with Crippen molar-refractivity contribution >= 4 is 0 Å². The Balaban J connectivity index is -0.0000000559. The zero-order chi connectivity index (χ0) is 74.0. The molecule has 562 valence electrons. The van der Waals surface area contributed by atoms with Gasteiger partial charge in [0, 0.05) is 0 Å². The fourth-order valence-electron chi connectivity index (χ4n) is 4.36. The summed E-state index contributed by atoms with van der Waals surface area (Å²) in [7, 11) is 0. The first-order valence-corrected chi connectivity index (χ1v) is 41.2. The molecule has 5 aliphatic rings. The Morgan fingerprint density at radius 1 is 0.360 bits per heavy atom. The summed E-state index contributed by atoms with van der Waals surface area (Å²) < 4.78 is 0. The van der Waals surface area contributed by atoms with Gasteiger partial charge in [0.15, 0.2) is 0 Å². The quantitative estimate of drug-likeness (QED) is 0.135. The Bertz CT molecular complexity index is 896. The standard InChI is InChI=1S/5C6H14.4C5H10.4C5H12.C4H8.2C4H10.C3H8.2C2H6/c1-5(2)6(3)4;2*1-4-5-6(2)3;1-4-6(3)5-2;1-3-5-6-4-2;1-5(2)3-4-5;1-4-3-5(4)2;1-5-3-2-4-5;1-2-5-3-4-5;1-5(2,3)4;2*1-4-5(2)3;1-3-5-4-2;1-4-2-3-4;1-4(2)3;1-3-4-2;1-3-2;2*1-2/h5-6H,1-4H3;3*6H,4-5H2,1-3H3;3-6H2,1-2H3;3-4H2,1-2H3;4-5H,3H2,1-2H3;2*5H,2-4H2,1H3;1-4H3;2*5H,4H2,1-3H3;3-5H2,1-2H3;4H,2-3H2,1H3;4H,1-3H3;3-4H2,1-2H3;3H2,1-2H3;2*1-2H3. The number of unbranched alkanes of at least 4 members (excludes halogenated alkanes) is 6. The van der Waals surface area contributed by atoms with Crippen LogP contribution in [0.3, 0.4) is 0 Å². The van der Waals surface area contributed by atoms with Crippen molar-refractivity contribution in [3.8, 4) is 0 Å². The largest absolute Gasteiger partial charge is 0.0683 e. The molecule has 0 amide bonds. The van der Waals surface area contributed by atoms with E-state index in [0.717, 1.165) is 82.3 Å². The zero-order valence-corrected chi connectivity index (χ0v) is 74.0. The molecular weight excluding hydrogens is 1070 g/mol. The third kappa shape index (κ3) is 271. The molecule has 5 saturated carbocycles. The summed E-state index contributed by atoms with van der Waals surface area (Å²) in [5.74, 6) is 12.4. The maximum atomic E-state index is 2.31. The average Bonchev–Trinajstić information content (AvgIpc) is 4.29. The minimum Gasteiger partial charge on any atom is -0.0683 e. The Hall–Kier alpha value is 0. The molecule has 0 heteroatoms. The highest BCUT2D eigenvalue weighted by atomic mass is 14.4. The fourth-order valence-corrected chi connectivity index (χ4v) is 4.36. The van der Waals surface area contributed by atoms with E-state index >= 15 is 0 Å². The summed E-state index contributed by atoms with van der Waals surface area (Å²) in [5.41, 5.74) is 1.25. The first-order valence-electron chi connectivity index (χ1n) is 41.2. The molecule has 2 unspecified atom stereocenters. The van der Waals surface area contributed by atoms with Crippen LogP contribution in [0, 0.1) is 87.8 Å². The highest BCUT2D eigenvalue weighted by Gasteiger charge is 2.30. The lowest BCUT2D eigenvalue weighted by Crippen LogP contribution is -2.04. The second kappa shape index (κ2) is 104. The van der Waals surface area contributed by atoms with Crippen LogP contribution in [0.4, 0.5) is 0 Å². The van der Waals surface area contributed by atoms with E-state index in [0.29, 0.717) is 5.41 Å². The molecule has 0 N–H and O–H groups in total. The van der Waals surface area contributed by atoms with Gasteiger partial charge in [-0.3, -0.25) is 0 Å². The van der Waals surface area contributed by atoms with Crippen molar-refractivity contribution < 1.29 is 0 Å². The second-order valence-electron chi connectivity index (χ2n) is 32.3. The van der Waals surface area contributed by atoms with Gasteiger partial charge in [-0.2, -0.15) is 0 Å². The molecular formula is C89H206. The van der Waals surface area contributed by atoms with Crippen LogP contribution in [0.15, 0.2) is 0 Å². The Kier molecular flexibility index (Phi) is 143. The zero-order valence-electron chi connectivity index (χ0n) is 74.0. The van der Waals surface area contributed by atoms with E-state index in [1.54, 1.807) is 0 Å². The molecule has 2 atom stereocenters. The minimum absolute atomic E-state index is 0.500. The van der Waals surface area contributed by atoms with Crippen LogP contribution >= 0.6 is 0 Å². The first-order chi connectivity index (χ1) is 41.2. The maximum Gasteiger partial charge on any atom is -0.0354 e. The van der Waals surface area contributed by atoms with Crippen molar-refractivity contribution in [3.05, 3.63) is 0 Å². The van der Waals surface area contributed by atoms with Crippen LogP contribution in [-0.2, 0) is 0 Å². The van der Waals surface area contributed by atoms with Crippen LogP contribution in [0.1, 0.15) is 498 Å². The summed E-state index contributed by atoms with van der Waals surface area (Å²) in [6.45, 7) is 99.2. The van der Waals surface area contributed by atoms with E-state index in [1.807, 2.05) is 27.7 Å². The number of hydrogen-bond donors (Lipinski definition) is 0. The van der Waals surface area contributed by atoms with Crippen molar-refractivity contribution in [3.63, 3.8) is 0 Å². The summed E-state index contributed by atoms with van der Waals surface area (Å²) in [6, 6.07) is 0. The summed E-state index contributed by atoms with van der Waals surface area (Å²) in [5, 5.41) is 0. The number of hydrogen-bond acceptors (Lipinski definition) is 0. The van der Waals surface area contributed by atoms with E-state index in [4.69, 9.17) is 0 Å². The summed E-state index contributed by atoms with van der Waals surface area (Å²) in [6.07, 6.45) is 40.4.